The number of carboxylic acids is 1. The summed E-state index contributed by atoms with van der Waals surface area (Å²) >= 11 is 0. The summed E-state index contributed by atoms with van der Waals surface area (Å²) in [6.45, 7) is 0.271. The Morgan fingerprint density at radius 1 is 1.14 bits per heavy atom. The second kappa shape index (κ2) is 6.21. The summed E-state index contributed by atoms with van der Waals surface area (Å²) in [5.41, 5.74) is 0.0636. The van der Waals surface area contributed by atoms with Gasteiger partial charge in [0.05, 0.1) is 18.4 Å². The largest absolute Gasteiger partial charge is 0.497 e. The van der Waals surface area contributed by atoms with Gasteiger partial charge >= 0.3 is 5.97 Å². The number of anilines is 1. The van der Waals surface area contributed by atoms with Crippen LogP contribution in [0.25, 0.3) is 0 Å². The summed E-state index contributed by atoms with van der Waals surface area (Å²) < 4.78 is 32.3. The van der Waals surface area contributed by atoms with Crippen molar-refractivity contribution in [2.75, 3.05) is 12.4 Å². The zero-order valence-electron chi connectivity index (χ0n) is 11.2. The van der Waals surface area contributed by atoms with Crippen LogP contribution in [0.1, 0.15) is 15.9 Å². The van der Waals surface area contributed by atoms with Gasteiger partial charge in [-0.15, -0.1) is 0 Å². The van der Waals surface area contributed by atoms with Gasteiger partial charge in [-0.25, -0.2) is 13.6 Å². The van der Waals surface area contributed by atoms with E-state index in [4.69, 9.17) is 9.84 Å². The number of carboxylic acid groups (broad SMARTS) is 1. The van der Waals surface area contributed by atoms with Crippen LogP contribution in [0.15, 0.2) is 36.4 Å². The molecule has 0 unspecified atom stereocenters. The maximum atomic E-state index is 13.7. The summed E-state index contributed by atoms with van der Waals surface area (Å²) in [7, 11) is 1.55. The molecule has 0 saturated heterocycles. The van der Waals surface area contributed by atoms with Gasteiger partial charge in [0.15, 0.2) is 11.6 Å². The first kappa shape index (κ1) is 14.8. The van der Waals surface area contributed by atoms with Gasteiger partial charge in [0, 0.05) is 6.54 Å². The molecule has 0 spiro atoms. The van der Waals surface area contributed by atoms with E-state index in [0.717, 1.165) is 11.6 Å². The molecule has 0 aliphatic heterocycles. The van der Waals surface area contributed by atoms with Crippen LogP contribution in [-0.4, -0.2) is 18.2 Å². The normalized spacial score (nSPS) is 10.2. The summed E-state index contributed by atoms with van der Waals surface area (Å²) in [5.74, 6) is -3.39. The maximum Gasteiger partial charge on any atom is 0.338 e. The zero-order valence-corrected chi connectivity index (χ0v) is 11.2. The summed E-state index contributed by atoms with van der Waals surface area (Å²) in [4.78, 5) is 10.7. The molecule has 2 aromatic rings. The topological polar surface area (TPSA) is 58.6 Å². The molecule has 0 amide bonds. The molecule has 0 aliphatic rings. The number of nitrogens with one attached hydrogen (secondary N) is 1. The summed E-state index contributed by atoms with van der Waals surface area (Å²) in [5, 5.41) is 11.4. The van der Waals surface area contributed by atoms with Crippen LogP contribution >= 0.6 is 0 Å². The number of ether oxygens (including phenoxy) is 1. The van der Waals surface area contributed by atoms with Gasteiger partial charge in [-0.05, 0) is 29.8 Å². The lowest BCUT2D eigenvalue weighted by Crippen LogP contribution is -2.07. The van der Waals surface area contributed by atoms with Crippen molar-refractivity contribution < 1.29 is 23.4 Å². The standard InChI is InChI=1S/C15H13F2NO3/c1-21-10-4-2-9(3-5-10)8-18-12-7-6-11(15(19)20)13(16)14(12)17/h2-7,18H,8H2,1H3,(H,19,20). The Morgan fingerprint density at radius 2 is 1.81 bits per heavy atom. The minimum Gasteiger partial charge on any atom is -0.497 e. The molecule has 21 heavy (non-hydrogen) atoms. The van der Waals surface area contributed by atoms with Gasteiger partial charge in [-0.2, -0.15) is 0 Å². The Labute approximate surface area is 120 Å². The average molecular weight is 293 g/mol. The predicted molar refractivity (Wildman–Crippen MR) is 73.6 cm³/mol. The molecule has 0 bridgehead atoms. The van der Waals surface area contributed by atoms with Crippen LogP contribution in [0.5, 0.6) is 5.75 Å². The van der Waals surface area contributed by atoms with Gasteiger partial charge in [0.2, 0.25) is 0 Å². The highest BCUT2D eigenvalue weighted by molar-refractivity contribution is 5.88. The summed E-state index contributed by atoms with van der Waals surface area (Å²) in [6.07, 6.45) is 0. The van der Waals surface area contributed by atoms with Crippen LogP contribution in [0.4, 0.5) is 14.5 Å². The van der Waals surface area contributed by atoms with Gasteiger partial charge in [-0.3, -0.25) is 0 Å². The van der Waals surface area contributed by atoms with E-state index in [1.165, 1.54) is 6.07 Å². The van der Waals surface area contributed by atoms with E-state index in [2.05, 4.69) is 5.32 Å². The molecule has 4 nitrogen and oxygen atoms in total. The highest BCUT2D eigenvalue weighted by Gasteiger charge is 2.17. The van der Waals surface area contributed by atoms with Crippen LogP contribution in [0.2, 0.25) is 0 Å². The molecule has 6 heteroatoms. The minimum absolute atomic E-state index is 0.0895. The fraction of sp³-hybridized carbons (Fsp3) is 0.133. The van der Waals surface area contributed by atoms with Crippen molar-refractivity contribution in [3.05, 3.63) is 59.2 Å². The van der Waals surface area contributed by atoms with E-state index in [0.29, 0.717) is 5.75 Å². The molecule has 0 saturated carbocycles. The van der Waals surface area contributed by atoms with Gasteiger partial charge in [0.25, 0.3) is 0 Å². The zero-order chi connectivity index (χ0) is 15.4. The minimum atomic E-state index is -1.51. The van der Waals surface area contributed by atoms with E-state index >= 15 is 0 Å². The van der Waals surface area contributed by atoms with Crippen LogP contribution in [-0.2, 0) is 6.54 Å². The van der Waals surface area contributed by atoms with Crippen LogP contribution in [0, 0.1) is 11.6 Å². The van der Waals surface area contributed by atoms with Crippen LogP contribution in [0.3, 0.4) is 0 Å². The Bertz CT molecular complexity index is 657. The lowest BCUT2D eigenvalue weighted by Gasteiger charge is -2.10. The highest BCUT2D eigenvalue weighted by atomic mass is 19.2. The number of halogens is 2. The lowest BCUT2D eigenvalue weighted by atomic mass is 10.1. The molecule has 2 aromatic carbocycles. The number of aromatic carboxylic acids is 1. The van der Waals surface area contributed by atoms with Crippen molar-refractivity contribution in [1.82, 2.24) is 0 Å². The van der Waals surface area contributed by atoms with E-state index in [-0.39, 0.29) is 12.2 Å². The van der Waals surface area contributed by atoms with Gasteiger partial charge in [-0.1, -0.05) is 12.1 Å². The first-order valence-corrected chi connectivity index (χ1v) is 6.11. The fourth-order valence-corrected chi connectivity index (χ4v) is 1.79. The Hall–Kier alpha value is -2.63. The Morgan fingerprint density at radius 3 is 2.38 bits per heavy atom. The molecule has 0 fully saturated rings. The number of benzene rings is 2. The van der Waals surface area contributed by atoms with Crippen molar-refractivity contribution in [3.63, 3.8) is 0 Å². The molecule has 2 N–H and O–H groups in total. The molecule has 0 aromatic heterocycles. The highest BCUT2D eigenvalue weighted by Crippen LogP contribution is 2.21. The number of hydrogen-bond acceptors (Lipinski definition) is 3. The predicted octanol–water partition coefficient (Wildman–Crippen LogP) is 3.28. The van der Waals surface area contributed by atoms with Gasteiger partial charge in [0.1, 0.15) is 5.75 Å². The van der Waals surface area contributed by atoms with Crippen molar-refractivity contribution in [3.8, 4) is 5.75 Å². The quantitative estimate of drug-likeness (QED) is 0.888. The number of hydrogen-bond donors (Lipinski definition) is 2. The Balaban J connectivity index is 2.12. The van der Waals surface area contributed by atoms with E-state index in [9.17, 15) is 13.6 Å². The van der Waals surface area contributed by atoms with Crippen molar-refractivity contribution in [2.45, 2.75) is 6.54 Å². The van der Waals surface area contributed by atoms with Crippen molar-refractivity contribution in [1.29, 1.82) is 0 Å². The lowest BCUT2D eigenvalue weighted by molar-refractivity contribution is 0.0690. The van der Waals surface area contributed by atoms with Crippen molar-refractivity contribution in [2.24, 2.45) is 0 Å². The molecule has 0 aliphatic carbocycles. The second-order valence-corrected chi connectivity index (χ2v) is 4.30. The Kier molecular flexibility index (Phi) is 4.37. The van der Waals surface area contributed by atoms with E-state index in [1.807, 2.05) is 0 Å². The molecular formula is C15H13F2NO3. The van der Waals surface area contributed by atoms with E-state index in [1.54, 1.807) is 31.4 Å². The third kappa shape index (κ3) is 3.28. The average Bonchev–Trinajstić information content (AvgIpc) is 2.49. The van der Waals surface area contributed by atoms with E-state index < -0.39 is 23.2 Å². The number of methoxy groups -OCH3 is 1. The fourth-order valence-electron chi connectivity index (χ4n) is 1.79. The third-order valence-electron chi connectivity index (χ3n) is 2.95. The van der Waals surface area contributed by atoms with Gasteiger partial charge < -0.3 is 15.2 Å². The monoisotopic (exact) mass is 293 g/mol. The summed E-state index contributed by atoms with van der Waals surface area (Å²) in [6, 6.07) is 9.29. The molecule has 0 radical (unpaired) electrons. The third-order valence-corrected chi connectivity index (χ3v) is 2.95. The molecular weight excluding hydrogens is 280 g/mol. The van der Waals surface area contributed by atoms with Crippen molar-refractivity contribution >= 4 is 11.7 Å². The number of carbonyl (C=O) groups is 1. The molecule has 0 heterocycles. The first-order chi connectivity index (χ1) is 10.0. The molecule has 2 rings (SSSR count). The molecule has 0 atom stereocenters. The van der Waals surface area contributed by atoms with Crippen LogP contribution < -0.4 is 10.1 Å². The maximum absolute atomic E-state index is 13.7. The number of rotatable bonds is 5. The first-order valence-electron chi connectivity index (χ1n) is 6.11. The smallest absolute Gasteiger partial charge is 0.338 e. The SMILES string of the molecule is COc1ccc(CNc2ccc(C(=O)O)c(F)c2F)cc1. The second-order valence-electron chi connectivity index (χ2n) is 4.30. The molecule has 110 valence electrons.